The number of alkyl halides is 3. The highest BCUT2D eigenvalue weighted by molar-refractivity contribution is 9.10. The van der Waals surface area contributed by atoms with E-state index in [0.717, 1.165) is 0 Å². The van der Waals surface area contributed by atoms with Crippen molar-refractivity contribution in [1.29, 1.82) is 0 Å². The largest absolute Gasteiger partial charge is 0.573 e. The van der Waals surface area contributed by atoms with E-state index in [1.165, 1.54) is 24.3 Å². The molecule has 0 atom stereocenters. The molecule has 0 amide bonds. The minimum Gasteiger partial charge on any atom is -0.406 e. The number of anilines is 2. The summed E-state index contributed by atoms with van der Waals surface area (Å²) in [6.07, 6.45) is -4.68. The van der Waals surface area contributed by atoms with Crippen LogP contribution in [0.25, 0.3) is 0 Å². The van der Waals surface area contributed by atoms with E-state index < -0.39 is 6.36 Å². The summed E-state index contributed by atoms with van der Waals surface area (Å²) in [7, 11) is 0. The second-order valence-electron chi connectivity index (χ2n) is 3.54. The Balaban J connectivity index is 2.07. The van der Waals surface area contributed by atoms with Gasteiger partial charge < -0.3 is 10.1 Å². The van der Waals surface area contributed by atoms with Crippen LogP contribution in [0.1, 0.15) is 0 Å². The lowest BCUT2D eigenvalue weighted by atomic mass is 10.3. The summed E-state index contributed by atoms with van der Waals surface area (Å²) in [4.78, 5) is 4.14. The maximum Gasteiger partial charge on any atom is 0.573 e. The van der Waals surface area contributed by atoms with E-state index in [1.54, 1.807) is 18.2 Å². The summed E-state index contributed by atoms with van der Waals surface area (Å²) in [6.45, 7) is 0. The van der Waals surface area contributed by atoms with Gasteiger partial charge in [0.05, 0.1) is 0 Å². The number of benzene rings is 1. The Labute approximate surface area is 115 Å². The first-order chi connectivity index (χ1) is 8.92. The summed E-state index contributed by atoms with van der Waals surface area (Å²) < 4.78 is 40.4. The molecule has 0 fully saturated rings. The van der Waals surface area contributed by atoms with Gasteiger partial charge in [0.2, 0.25) is 0 Å². The topological polar surface area (TPSA) is 34.1 Å². The molecular formula is C12H8BrF3N2O. The average molecular weight is 333 g/mol. The first kappa shape index (κ1) is 13.7. The third kappa shape index (κ3) is 4.44. The van der Waals surface area contributed by atoms with Crippen LogP contribution in [0.5, 0.6) is 5.75 Å². The average Bonchev–Trinajstić information content (AvgIpc) is 2.30. The van der Waals surface area contributed by atoms with Crippen molar-refractivity contribution in [2.75, 3.05) is 5.32 Å². The van der Waals surface area contributed by atoms with Crippen molar-refractivity contribution in [1.82, 2.24) is 4.98 Å². The second-order valence-corrected chi connectivity index (χ2v) is 4.36. The molecule has 0 bridgehead atoms. The van der Waals surface area contributed by atoms with Crippen LogP contribution in [0, 0.1) is 0 Å². The minimum atomic E-state index is -4.68. The molecule has 2 rings (SSSR count). The summed E-state index contributed by atoms with van der Waals surface area (Å²) in [5, 5.41) is 2.96. The molecule has 100 valence electrons. The molecule has 0 saturated heterocycles. The van der Waals surface area contributed by atoms with E-state index in [1.807, 2.05) is 0 Å². The number of pyridine rings is 1. The summed E-state index contributed by atoms with van der Waals surface area (Å²) in [6, 6.07) is 10.7. The number of aromatic nitrogens is 1. The fourth-order valence-electron chi connectivity index (χ4n) is 1.37. The third-order valence-electron chi connectivity index (χ3n) is 2.08. The zero-order valence-corrected chi connectivity index (χ0v) is 11.0. The molecule has 0 radical (unpaired) electrons. The Kier molecular flexibility index (Phi) is 3.94. The molecular weight excluding hydrogens is 325 g/mol. The molecule has 1 heterocycles. The van der Waals surface area contributed by atoms with Crippen molar-refractivity contribution in [3.05, 3.63) is 47.1 Å². The van der Waals surface area contributed by atoms with Crippen molar-refractivity contribution >= 4 is 27.4 Å². The molecule has 0 aliphatic carbocycles. The zero-order chi connectivity index (χ0) is 13.9. The first-order valence-corrected chi connectivity index (χ1v) is 5.97. The van der Waals surface area contributed by atoms with Crippen LogP contribution in [0.4, 0.5) is 24.7 Å². The van der Waals surface area contributed by atoms with E-state index in [0.29, 0.717) is 16.1 Å². The Morgan fingerprint density at radius 2 is 1.74 bits per heavy atom. The minimum absolute atomic E-state index is 0.264. The van der Waals surface area contributed by atoms with Crippen LogP contribution in [0.3, 0.4) is 0 Å². The van der Waals surface area contributed by atoms with E-state index in [2.05, 4.69) is 31.0 Å². The van der Waals surface area contributed by atoms with E-state index in [9.17, 15) is 13.2 Å². The molecule has 7 heteroatoms. The van der Waals surface area contributed by atoms with Crippen LogP contribution in [0.2, 0.25) is 0 Å². The smallest absolute Gasteiger partial charge is 0.406 e. The maximum absolute atomic E-state index is 12.0. The van der Waals surface area contributed by atoms with Crippen molar-refractivity contribution in [2.45, 2.75) is 6.36 Å². The van der Waals surface area contributed by atoms with E-state index >= 15 is 0 Å². The van der Waals surface area contributed by atoms with Crippen LogP contribution in [-0.4, -0.2) is 11.3 Å². The third-order valence-corrected chi connectivity index (χ3v) is 2.52. The zero-order valence-electron chi connectivity index (χ0n) is 9.41. The predicted molar refractivity (Wildman–Crippen MR) is 68.3 cm³/mol. The lowest BCUT2D eigenvalue weighted by Gasteiger charge is -2.10. The van der Waals surface area contributed by atoms with Crippen LogP contribution < -0.4 is 10.1 Å². The van der Waals surface area contributed by atoms with Crippen molar-refractivity contribution in [3.63, 3.8) is 0 Å². The molecule has 1 aromatic heterocycles. The predicted octanol–water partition coefficient (Wildman–Crippen LogP) is 4.49. The number of halogens is 4. The van der Waals surface area contributed by atoms with Crippen LogP contribution in [0.15, 0.2) is 47.1 Å². The summed E-state index contributed by atoms with van der Waals surface area (Å²) >= 11 is 3.22. The Bertz CT molecular complexity index is 558. The fourth-order valence-corrected chi connectivity index (χ4v) is 1.71. The number of hydrogen-bond acceptors (Lipinski definition) is 3. The van der Waals surface area contributed by atoms with E-state index in [-0.39, 0.29) is 5.75 Å². The molecule has 1 aromatic carbocycles. The number of ether oxygens (including phenoxy) is 1. The van der Waals surface area contributed by atoms with Crippen molar-refractivity contribution in [3.8, 4) is 5.75 Å². The highest BCUT2D eigenvalue weighted by Gasteiger charge is 2.30. The molecule has 0 unspecified atom stereocenters. The lowest BCUT2D eigenvalue weighted by molar-refractivity contribution is -0.274. The standard InChI is InChI=1S/C12H8BrF3N2O/c13-10-2-1-3-11(18-10)17-8-4-6-9(7-5-8)19-12(14,15)16/h1-7H,(H,17,18). The Morgan fingerprint density at radius 3 is 2.32 bits per heavy atom. The molecule has 0 aliphatic rings. The van der Waals surface area contributed by atoms with Gasteiger partial charge in [-0.25, -0.2) is 4.98 Å². The van der Waals surface area contributed by atoms with Crippen molar-refractivity contribution < 1.29 is 17.9 Å². The normalized spacial score (nSPS) is 11.2. The molecule has 19 heavy (non-hydrogen) atoms. The van der Waals surface area contributed by atoms with Gasteiger partial charge in [-0.15, -0.1) is 13.2 Å². The highest BCUT2D eigenvalue weighted by atomic mass is 79.9. The van der Waals surface area contributed by atoms with Crippen molar-refractivity contribution in [2.24, 2.45) is 0 Å². The van der Waals surface area contributed by atoms with Gasteiger partial charge in [-0.1, -0.05) is 6.07 Å². The number of nitrogens with one attached hydrogen (secondary N) is 1. The van der Waals surface area contributed by atoms with Gasteiger partial charge in [-0.05, 0) is 52.3 Å². The lowest BCUT2D eigenvalue weighted by Crippen LogP contribution is -2.16. The SMILES string of the molecule is FC(F)(F)Oc1ccc(Nc2cccc(Br)n2)cc1. The summed E-state index contributed by atoms with van der Waals surface area (Å²) in [5.41, 5.74) is 0.611. The molecule has 3 nitrogen and oxygen atoms in total. The molecule has 1 N–H and O–H groups in total. The molecule has 0 spiro atoms. The Hall–Kier alpha value is -1.76. The van der Waals surface area contributed by atoms with Crippen LogP contribution in [-0.2, 0) is 0 Å². The second kappa shape index (κ2) is 5.48. The van der Waals surface area contributed by atoms with Gasteiger partial charge in [-0.3, -0.25) is 0 Å². The van der Waals surface area contributed by atoms with E-state index in [4.69, 9.17) is 0 Å². The number of rotatable bonds is 3. The van der Waals surface area contributed by atoms with Crippen LogP contribution >= 0.6 is 15.9 Å². The highest BCUT2D eigenvalue weighted by Crippen LogP contribution is 2.25. The molecule has 2 aromatic rings. The molecule has 0 aliphatic heterocycles. The maximum atomic E-state index is 12.0. The monoisotopic (exact) mass is 332 g/mol. The van der Waals surface area contributed by atoms with Gasteiger partial charge in [0, 0.05) is 5.69 Å². The van der Waals surface area contributed by atoms with Gasteiger partial charge in [-0.2, -0.15) is 0 Å². The summed E-state index contributed by atoms with van der Waals surface area (Å²) in [5.74, 6) is 0.319. The van der Waals surface area contributed by atoms with Gasteiger partial charge >= 0.3 is 6.36 Å². The first-order valence-electron chi connectivity index (χ1n) is 5.18. The fraction of sp³-hybridized carbons (Fsp3) is 0.0833. The quantitative estimate of drug-likeness (QED) is 0.841. The number of hydrogen-bond donors (Lipinski definition) is 1. The van der Waals surface area contributed by atoms with Gasteiger partial charge in [0.1, 0.15) is 16.2 Å². The number of nitrogens with zero attached hydrogens (tertiary/aromatic N) is 1. The van der Waals surface area contributed by atoms with Gasteiger partial charge in [0.25, 0.3) is 0 Å². The molecule has 0 saturated carbocycles. The van der Waals surface area contributed by atoms with Gasteiger partial charge in [0.15, 0.2) is 0 Å². The Morgan fingerprint density at radius 1 is 1.05 bits per heavy atom.